The van der Waals surface area contributed by atoms with Crippen molar-refractivity contribution < 1.29 is 13.9 Å². The molecule has 0 amide bonds. The fraction of sp³-hybridized carbons (Fsp3) is 0.300. The molecule has 1 aliphatic heterocycles. The molecule has 7 heteroatoms. The molecule has 0 unspecified atom stereocenters. The number of aromatic nitrogens is 3. The normalized spacial score (nSPS) is 16.8. The predicted molar refractivity (Wildman–Crippen MR) is 98.3 cm³/mol. The smallest absolute Gasteiger partial charge is 0.163 e. The highest BCUT2D eigenvalue weighted by atomic mass is 19.1. The summed E-state index contributed by atoms with van der Waals surface area (Å²) in [4.78, 5) is 14.1. The minimum Gasteiger partial charge on any atom is -0.493 e. The van der Waals surface area contributed by atoms with Crippen molar-refractivity contribution in [2.24, 2.45) is 0 Å². The molecule has 0 spiro atoms. The minimum absolute atomic E-state index is 0.319. The van der Waals surface area contributed by atoms with Crippen molar-refractivity contribution in [2.75, 3.05) is 20.8 Å². The van der Waals surface area contributed by atoms with Gasteiger partial charge in [-0.3, -0.25) is 9.88 Å². The number of aromatic amines is 1. The lowest BCUT2D eigenvalue weighted by Crippen LogP contribution is -2.36. The highest BCUT2D eigenvalue weighted by Gasteiger charge is 2.33. The monoisotopic (exact) mass is 368 g/mol. The molecular weight excluding hydrogens is 347 g/mol. The maximum absolute atomic E-state index is 15.0. The Balaban J connectivity index is 1.79. The molecule has 140 valence electrons. The van der Waals surface area contributed by atoms with E-state index < -0.39 is 0 Å². The van der Waals surface area contributed by atoms with Crippen LogP contribution in [-0.2, 0) is 13.0 Å². The molecular formula is C20H21FN4O2. The van der Waals surface area contributed by atoms with Gasteiger partial charge >= 0.3 is 0 Å². The quantitative estimate of drug-likeness (QED) is 0.750. The molecule has 0 fully saturated rings. The van der Waals surface area contributed by atoms with E-state index in [2.05, 4.69) is 19.9 Å². The number of halogens is 1. The minimum atomic E-state index is -0.343. The standard InChI is InChI=1S/C20H21FN4O2/c1-26-17-8-14(15(21)9-18(17)27-2)20-19-16(23-12-24-19)5-7-25(20)11-13-4-3-6-22-10-13/h3-4,6,8-10,12,20H,5,7,11H2,1-2H3,(H,23,24)/t20-/m0/s1. The fourth-order valence-corrected chi connectivity index (χ4v) is 3.64. The molecule has 4 rings (SSSR count). The van der Waals surface area contributed by atoms with E-state index in [1.807, 2.05) is 18.3 Å². The van der Waals surface area contributed by atoms with Crippen LogP contribution in [0.3, 0.4) is 0 Å². The summed E-state index contributed by atoms with van der Waals surface area (Å²) in [6.45, 7) is 1.43. The van der Waals surface area contributed by atoms with E-state index in [9.17, 15) is 0 Å². The van der Waals surface area contributed by atoms with Crippen molar-refractivity contribution in [3.8, 4) is 11.5 Å². The van der Waals surface area contributed by atoms with Crippen LogP contribution in [0.1, 0.15) is 28.6 Å². The lowest BCUT2D eigenvalue weighted by Gasteiger charge is -2.35. The van der Waals surface area contributed by atoms with Crippen molar-refractivity contribution in [3.05, 3.63) is 71.3 Å². The van der Waals surface area contributed by atoms with Gasteiger partial charge in [0.2, 0.25) is 0 Å². The van der Waals surface area contributed by atoms with Gasteiger partial charge < -0.3 is 14.5 Å². The lowest BCUT2D eigenvalue weighted by molar-refractivity contribution is 0.196. The Morgan fingerprint density at radius 3 is 2.81 bits per heavy atom. The third kappa shape index (κ3) is 3.26. The van der Waals surface area contributed by atoms with Crippen LogP contribution in [0.5, 0.6) is 11.5 Å². The van der Waals surface area contributed by atoms with E-state index in [1.165, 1.54) is 13.2 Å². The second-order valence-corrected chi connectivity index (χ2v) is 6.48. The van der Waals surface area contributed by atoms with Gasteiger partial charge in [0.1, 0.15) is 5.82 Å². The fourth-order valence-electron chi connectivity index (χ4n) is 3.64. The topological polar surface area (TPSA) is 63.3 Å². The molecule has 1 atom stereocenters. The van der Waals surface area contributed by atoms with Crippen LogP contribution in [-0.4, -0.2) is 40.6 Å². The van der Waals surface area contributed by atoms with Gasteiger partial charge in [0.05, 0.1) is 32.3 Å². The van der Waals surface area contributed by atoms with E-state index >= 15 is 4.39 Å². The molecule has 0 saturated heterocycles. The summed E-state index contributed by atoms with van der Waals surface area (Å²) in [6, 6.07) is 6.69. The number of pyridine rings is 1. The number of fused-ring (bicyclic) bond motifs is 1. The summed E-state index contributed by atoms with van der Waals surface area (Å²) in [6.07, 6.45) is 6.09. The molecule has 2 aromatic heterocycles. The Morgan fingerprint density at radius 2 is 2.07 bits per heavy atom. The Kier molecular flexibility index (Phi) is 4.77. The first-order chi connectivity index (χ1) is 13.2. The van der Waals surface area contributed by atoms with Crippen LogP contribution in [0.2, 0.25) is 0 Å². The maximum Gasteiger partial charge on any atom is 0.163 e. The van der Waals surface area contributed by atoms with Gasteiger partial charge in [-0.25, -0.2) is 9.37 Å². The molecule has 3 heterocycles. The third-order valence-corrected chi connectivity index (χ3v) is 4.93. The molecule has 0 bridgehead atoms. The largest absolute Gasteiger partial charge is 0.493 e. The Morgan fingerprint density at radius 1 is 1.26 bits per heavy atom. The van der Waals surface area contributed by atoms with Crippen LogP contribution < -0.4 is 9.47 Å². The number of nitrogens with zero attached hydrogens (tertiary/aromatic N) is 3. The molecule has 0 saturated carbocycles. The van der Waals surface area contributed by atoms with Crippen molar-refractivity contribution in [1.29, 1.82) is 0 Å². The zero-order valence-corrected chi connectivity index (χ0v) is 15.3. The number of ether oxygens (including phenoxy) is 2. The van der Waals surface area contributed by atoms with Crippen LogP contribution in [0.25, 0.3) is 0 Å². The first-order valence-electron chi connectivity index (χ1n) is 8.77. The highest BCUT2D eigenvalue weighted by Crippen LogP contribution is 2.39. The van der Waals surface area contributed by atoms with Gasteiger partial charge in [-0.05, 0) is 17.7 Å². The third-order valence-electron chi connectivity index (χ3n) is 4.93. The van der Waals surface area contributed by atoms with E-state index in [0.717, 1.165) is 29.9 Å². The summed E-state index contributed by atoms with van der Waals surface area (Å²) in [5, 5.41) is 0. The van der Waals surface area contributed by atoms with Crippen LogP contribution in [0, 0.1) is 5.82 Å². The van der Waals surface area contributed by atoms with Crippen LogP contribution >= 0.6 is 0 Å². The predicted octanol–water partition coefficient (Wildman–Crippen LogP) is 3.11. The van der Waals surface area contributed by atoms with Gasteiger partial charge in [-0.1, -0.05) is 6.07 Å². The number of imidazole rings is 1. The Bertz CT molecular complexity index is 929. The lowest BCUT2D eigenvalue weighted by atomic mass is 9.94. The van der Waals surface area contributed by atoms with Gasteiger partial charge in [-0.2, -0.15) is 0 Å². The molecule has 6 nitrogen and oxygen atoms in total. The molecule has 1 N–H and O–H groups in total. The zero-order valence-electron chi connectivity index (χ0n) is 15.3. The molecule has 0 aliphatic carbocycles. The van der Waals surface area contributed by atoms with Gasteiger partial charge in [-0.15, -0.1) is 0 Å². The zero-order chi connectivity index (χ0) is 18.8. The van der Waals surface area contributed by atoms with Crippen molar-refractivity contribution in [2.45, 2.75) is 19.0 Å². The second kappa shape index (κ2) is 7.36. The average Bonchev–Trinajstić information content (AvgIpc) is 3.17. The SMILES string of the molecule is COc1cc(F)c([C@H]2c3nc[nH]c3CCN2Cc2cccnc2)cc1OC. The average molecular weight is 368 g/mol. The molecule has 1 aliphatic rings. The van der Waals surface area contributed by atoms with E-state index in [0.29, 0.717) is 23.6 Å². The van der Waals surface area contributed by atoms with Crippen molar-refractivity contribution in [1.82, 2.24) is 19.9 Å². The Hall–Kier alpha value is -2.93. The summed E-state index contributed by atoms with van der Waals surface area (Å²) in [5.74, 6) is 0.526. The number of benzene rings is 1. The van der Waals surface area contributed by atoms with Crippen LogP contribution in [0.4, 0.5) is 4.39 Å². The number of H-pyrrole nitrogens is 1. The van der Waals surface area contributed by atoms with Crippen molar-refractivity contribution in [3.63, 3.8) is 0 Å². The van der Waals surface area contributed by atoms with Gasteiger partial charge in [0.25, 0.3) is 0 Å². The highest BCUT2D eigenvalue weighted by molar-refractivity contribution is 5.47. The summed E-state index contributed by atoms with van der Waals surface area (Å²) >= 11 is 0. The molecule has 3 aromatic rings. The summed E-state index contributed by atoms with van der Waals surface area (Å²) < 4.78 is 25.7. The molecule has 27 heavy (non-hydrogen) atoms. The van der Waals surface area contributed by atoms with Gasteiger partial charge in [0, 0.05) is 49.2 Å². The van der Waals surface area contributed by atoms with E-state index in [-0.39, 0.29) is 11.9 Å². The number of rotatable bonds is 5. The van der Waals surface area contributed by atoms with Crippen LogP contribution in [0.15, 0.2) is 43.0 Å². The number of hydrogen-bond donors (Lipinski definition) is 1. The number of hydrogen-bond acceptors (Lipinski definition) is 5. The molecule has 1 aromatic carbocycles. The Labute approximate surface area is 157 Å². The molecule has 0 radical (unpaired) electrons. The first kappa shape index (κ1) is 17.5. The van der Waals surface area contributed by atoms with Crippen molar-refractivity contribution >= 4 is 0 Å². The van der Waals surface area contributed by atoms with Gasteiger partial charge in [0.15, 0.2) is 11.5 Å². The maximum atomic E-state index is 15.0. The number of methoxy groups -OCH3 is 2. The second-order valence-electron chi connectivity index (χ2n) is 6.48. The number of nitrogens with one attached hydrogen (secondary N) is 1. The summed E-state index contributed by atoms with van der Waals surface area (Å²) in [5.41, 5.74) is 3.47. The summed E-state index contributed by atoms with van der Waals surface area (Å²) in [7, 11) is 3.05. The van der Waals surface area contributed by atoms with E-state index in [4.69, 9.17) is 9.47 Å². The first-order valence-corrected chi connectivity index (χ1v) is 8.77. The van der Waals surface area contributed by atoms with E-state index in [1.54, 1.807) is 25.7 Å².